The van der Waals surface area contributed by atoms with Gasteiger partial charge in [0.05, 0.1) is 13.1 Å². The van der Waals surface area contributed by atoms with Crippen molar-refractivity contribution in [3.05, 3.63) is 33.9 Å². The molecule has 1 aromatic carbocycles. The molecule has 0 radical (unpaired) electrons. The van der Waals surface area contributed by atoms with Gasteiger partial charge in [-0.2, -0.15) is 0 Å². The number of rotatable bonds is 4. The Morgan fingerprint density at radius 3 is 2.18 bits per heavy atom. The highest BCUT2D eigenvalue weighted by Gasteiger charge is 2.10. The van der Waals surface area contributed by atoms with Crippen molar-refractivity contribution >= 4 is 12.2 Å². The van der Waals surface area contributed by atoms with Crippen LogP contribution in [0.2, 0.25) is 0 Å². The molecule has 0 saturated heterocycles. The number of nitrogens with zero attached hydrogens (tertiary/aromatic N) is 2. The summed E-state index contributed by atoms with van der Waals surface area (Å²) in [4.78, 5) is 27.5. The highest BCUT2D eigenvalue weighted by Crippen LogP contribution is 2.23. The Balaban J connectivity index is 3.33. The lowest BCUT2D eigenvalue weighted by molar-refractivity contribution is 0.561. The summed E-state index contributed by atoms with van der Waals surface area (Å²) in [5.74, 6) is 0. The third kappa shape index (κ3) is 2.97. The number of benzene rings is 1. The molecule has 88 valence electrons. The number of aliphatic imine (C=N–C) groups is 2. The van der Waals surface area contributed by atoms with E-state index in [1.807, 2.05) is 26.8 Å². The van der Waals surface area contributed by atoms with Crippen LogP contribution in [0.5, 0.6) is 0 Å². The zero-order valence-electron chi connectivity index (χ0n) is 10.2. The van der Waals surface area contributed by atoms with Crippen molar-refractivity contribution in [3.8, 4) is 0 Å². The lowest BCUT2D eigenvalue weighted by Gasteiger charge is -2.14. The van der Waals surface area contributed by atoms with Crippen molar-refractivity contribution in [1.82, 2.24) is 0 Å². The molecule has 1 aromatic rings. The van der Waals surface area contributed by atoms with Gasteiger partial charge >= 0.3 is 0 Å². The normalized spacial score (nSPS) is 9.35. The first-order valence-corrected chi connectivity index (χ1v) is 5.27. The van der Waals surface area contributed by atoms with Gasteiger partial charge < -0.3 is 0 Å². The Hall–Kier alpha value is -2.02. The molecule has 0 aliphatic carbocycles. The van der Waals surface area contributed by atoms with Gasteiger partial charge in [0.2, 0.25) is 12.2 Å². The summed E-state index contributed by atoms with van der Waals surface area (Å²) >= 11 is 0. The molecule has 1 rings (SSSR count). The third-order valence-corrected chi connectivity index (χ3v) is 3.00. The molecule has 0 saturated carbocycles. The quantitative estimate of drug-likeness (QED) is 0.588. The maximum Gasteiger partial charge on any atom is 0.235 e. The summed E-state index contributed by atoms with van der Waals surface area (Å²) in [7, 11) is 0. The molecule has 0 spiro atoms. The molecule has 0 amide bonds. The van der Waals surface area contributed by atoms with Crippen LogP contribution in [-0.4, -0.2) is 12.2 Å². The topological polar surface area (TPSA) is 58.9 Å². The number of hydrogen-bond donors (Lipinski definition) is 0. The second-order valence-corrected chi connectivity index (χ2v) is 3.90. The molecule has 4 heteroatoms. The van der Waals surface area contributed by atoms with E-state index in [9.17, 15) is 9.59 Å². The van der Waals surface area contributed by atoms with Crippen LogP contribution >= 0.6 is 0 Å². The van der Waals surface area contributed by atoms with Gasteiger partial charge in [-0.15, -0.1) is 0 Å². The van der Waals surface area contributed by atoms with Crippen LogP contribution < -0.4 is 0 Å². The van der Waals surface area contributed by atoms with E-state index in [-0.39, 0.29) is 13.1 Å². The smallest absolute Gasteiger partial charge is 0.211 e. The molecule has 0 aromatic heterocycles. The van der Waals surface area contributed by atoms with E-state index in [1.54, 1.807) is 0 Å². The number of isocyanates is 2. The van der Waals surface area contributed by atoms with Gasteiger partial charge in [0.25, 0.3) is 0 Å². The zero-order valence-corrected chi connectivity index (χ0v) is 10.2. The van der Waals surface area contributed by atoms with E-state index in [1.165, 1.54) is 17.7 Å². The van der Waals surface area contributed by atoms with Crippen molar-refractivity contribution in [2.45, 2.75) is 33.9 Å². The van der Waals surface area contributed by atoms with Gasteiger partial charge in [-0.3, -0.25) is 0 Å². The van der Waals surface area contributed by atoms with Crippen LogP contribution in [0.15, 0.2) is 16.1 Å². The lowest BCUT2D eigenvalue weighted by Crippen LogP contribution is -2.00. The van der Waals surface area contributed by atoms with Crippen LogP contribution in [0.3, 0.4) is 0 Å². The fourth-order valence-electron chi connectivity index (χ4n) is 1.81. The fraction of sp³-hybridized carbons (Fsp3) is 0.385. The largest absolute Gasteiger partial charge is 0.235 e. The maximum absolute atomic E-state index is 10.2. The van der Waals surface area contributed by atoms with E-state index in [4.69, 9.17) is 0 Å². The summed E-state index contributed by atoms with van der Waals surface area (Å²) in [5, 5.41) is 0. The molecule has 0 aliphatic rings. The molecular formula is C13H14N2O2. The van der Waals surface area contributed by atoms with Crippen LogP contribution in [0.4, 0.5) is 0 Å². The standard InChI is InChI=1S/C13H14N2O2/c1-9-4-12(5-14-7-16)13(6-15-8-17)11(3)10(9)2/h4H,5-6H2,1-3H3. The molecule has 0 N–H and O–H groups in total. The zero-order chi connectivity index (χ0) is 12.8. The van der Waals surface area contributed by atoms with E-state index < -0.39 is 0 Å². The maximum atomic E-state index is 10.2. The van der Waals surface area contributed by atoms with Crippen LogP contribution in [0, 0.1) is 20.8 Å². The average Bonchev–Trinajstić information content (AvgIpc) is 2.32. The lowest BCUT2D eigenvalue weighted by atomic mass is 9.93. The number of hydrogen-bond acceptors (Lipinski definition) is 4. The predicted octanol–water partition coefficient (Wildman–Crippen LogP) is 2.28. The summed E-state index contributed by atoms with van der Waals surface area (Å²) in [5.41, 5.74) is 5.24. The van der Waals surface area contributed by atoms with Gasteiger partial charge in [0.15, 0.2) is 0 Å². The summed E-state index contributed by atoms with van der Waals surface area (Å²) < 4.78 is 0. The minimum atomic E-state index is 0.273. The third-order valence-electron chi connectivity index (χ3n) is 3.00. The monoisotopic (exact) mass is 230 g/mol. The second kappa shape index (κ2) is 5.90. The van der Waals surface area contributed by atoms with Gasteiger partial charge in [-0.25, -0.2) is 19.6 Å². The average molecular weight is 230 g/mol. The first-order valence-electron chi connectivity index (χ1n) is 5.27. The van der Waals surface area contributed by atoms with Crippen molar-refractivity contribution in [3.63, 3.8) is 0 Å². The van der Waals surface area contributed by atoms with E-state index >= 15 is 0 Å². The summed E-state index contributed by atoms with van der Waals surface area (Å²) in [6.45, 7) is 6.55. The Labute approximate surface area is 100 Å². The number of aryl methyl sites for hydroxylation is 1. The molecule has 0 atom stereocenters. The van der Waals surface area contributed by atoms with Crippen LogP contribution in [-0.2, 0) is 22.7 Å². The van der Waals surface area contributed by atoms with Crippen molar-refractivity contribution in [2.75, 3.05) is 0 Å². The summed E-state index contributed by atoms with van der Waals surface area (Å²) in [6.07, 6.45) is 3.05. The minimum Gasteiger partial charge on any atom is -0.211 e. The van der Waals surface area contributed by atoms with Crippen molar-refractivity contribution in [1.29, 1.82) is 0 Å². The Bertz CT molecular complexity index is 523. The fourth-order valence-corrected chi connectivity index (χ4v) is 1.81. The Kier molecular flexibility index (Phi) is 4.53. The Morgan fingerprint density at radius 1 is 1.00 bits per heavy atom. The Morgan fingerprint density at radius 2 is 1.59 bits per heavy atom. The van der Waals surface area contributed by atoms with Crippen molar-refractivity contribution in [2.24, 2.45) is 9.98 Å². The molecule has 0 fully saturated rings. The van der Waals surface area contributed by atoms with Gasteiger partial charge in [0.1, 0.15) is 0 Å². The predicted molar refractivity (Wildman–Crippen MR) is 64.3 cm³/mol. The van der Waals surface area contributed by atoms with Gasteiger partial charge in [-0.05, 0) is 48.6 Å². The van der Waals surface area contributed by atoms with E-state index in [0.29, 0.717) is 0 Å². The molecule has 4 nitrogen and oxygen atoms in total. The first-order chi connectivity index (χ1) is 8.11. The first kappa shape index (κ1) is 13.0. The van der Waals surface area contributed by atoms with E-state index in [2.05, 4.69) is 9.98 Å². The molecule has 0 unspecified atom stereocenters. The highest BCUT2D eigenvalue weighted by molar-refractivity contribution is 5.46. The number of carbonyl (C=O) groups excluding carboxylic acids is 2. The molecular weight excluding hydrogens is 216 g/mol. The minimum absolute atomic E-state index is 0.273. The second-order valence-electron chi connectivity index (χ2n) is 3.90. The molecule has 0 aliphatic heterocycles. The van der Waals surface area contributed by atoms with Crippen molar-refractivity contribution < 1.29 is 9.59 Å². The summed E-state index contributed by atoms with van der Waals surface area (Å²) in [6, 6.07) is 1.97. The van der Waals surface area contributed by atoms with E-state index in [0.717, 1.165) is 22.3 Å². The van der Waals surface area contributed by atoms with Crippen LogP contribution in [0.1, 0.15) is 27.8 Å². The highest BCUT2D eigenvalue weighted by atomic mass is 16.1. The SMILES string of the molecule is Cc1cc(CN=C=O)c(CN=C=O)c(C)c1C. The van der Waals surface area contributed by atoms with Gasteiger partial charge in [0, 0.05) is 0 Å². The molecule has 0 heterocycles. The molecule has 0 bridgehead atoms. The van der Waals surface area contributed by atoms with Gasteiger partial charge in [-0.1, -0.05) is 6.07 Å². The van der Waals surface area contributed by atoms with Crippen LogP contribution in [0.25, 0.3) is 0 Å². The molecule has 17 heavy (non-hydrogen) atoms.